The van der Waals surface area contributed by atoms with Crippen molar-refractivity contribution in [2.24, 2.45) is 0 Å². The average molecular weight is 252 g/mol. The molecule has 1 aliphatic rings. The Hall–Kier alpha value is -1.81. The van der Waals surface area contributed by atoms with Crippen molar-refractivity contribution in [1.82, 2.24) is 4.90 Å². The van der Waals surface area contributed by atoms with Crippen LogP contribution in [0.25, 0.3) is 5.57 Å². The number of hydrogen-bond donors (Lipinski definition) is 0. The van der Waals surface area contributed by atoms with Gasteiger partial charge in [0.2, 0.25) is 0 Å². The molecule has 0 N–H and O–H groups in total. The molecule has 0 radical (unpaired) electrons. The molecule has 2 rings (SSSR count). The van der Waals surface area contributed by atoms with Crippen molar-refractivity contribution >= 4 is 29.0 Å². The van der Waals surface area contributed by atoms with Crippen LogP contribution in [0, 0.1) is 0 Å². The minimum absolute atomic E-state index is 0.0392. The molecule has 4 nitrogen and oxygen atoms in total. The molecule has 0 aromatic heterocycles. The van der Waals surface area contributed by atoms with Gasteiger partial charge >= 0.3 is 0 Å². The Morgan fingerprint density at radius 2 is 1.71 bits per heavy atom. The molecular formula is C12H10ClNO3. The first-order valence-electron chi connectivity index (χ1n) is 4.93. The molecule has 0 atom stereocenters. The molecule has 0 aliphatic carbocycles. The van der Waals surface area contributed by atoms with Gasteiger partial charge < -0.3 is 4.74 Å². The van der Waals surface area contributed by atoms with Gasteiger partial charge in [0.25, 0.3) is 11.8 Å². The number of carbonyl (C=O) groups excluding carboxylic acids is 2. The van der Waals surface area contributed by atoms with Crippen molar-refractivity contribution in [3.63, 3.8) is 0 Å². The van der Waals surface area contributed by atoms with Crippen molar-refractivity contribution in [3.05, 3.63) is 34.9 Å². The fraction of sp³-hybridized carbons (Fsp3) is 0.167. The highest BCUT2D eigenvalue weighted by molar-refractivity contribution is 6.55. The number of imide groups is 1. The molecule has 1 heterocycles. The zero-order chi connectivity index (χ0) is 12.6. The normalized spacial score (nSPS) is 15.8. The monoisotopic (exact) mass is 251 g/mol. The van der Waals surface area contributed by atoms with E-state index in [4.69, 9.17) is 16.3 Å². The predicted octanol–water partition coefficient (Wildman–Crippen LogP) is 1.64. The molecule has 0 unspecified atom stereocenters. The highest BCUT2D eigenvalue weighted by Gasteiger charge is 2.35. The summed E-state index contributed by atoms with van der Waals surface area (Å²) in [6.07, 6.45) is 0. The molecule has 0 bridgehead atoms. The number of ether oxygens (including phenoxy) is 1. The van der Waals surface area contributed by atoms with Crippen molar-refractivity contribution in [2.75, 3.05) is 14.2 Å². The largest absolute Gasteiger partial charge is 0.497 e. The second-order valence-corrected chi connectivity index (χ2v) is 3.96. The summed E-state index contributed by atoms with van der Waals surface area (Å²) in [6, 6.07) is 6.81. The molecule has 0 spiro atoms. The lowest BCUT2D eigenvalue weighted by atomic mass is 10.1. The van der Waals surface area contributed by atoms with Gasteiger partial charge in [0.15, 0.2) is 0 Å². The number of carbonyl (C=O) groups is 2. The van der Waals surface area contributed by atoms with Crippen molar-refractivity contribution in [3.8, 4) is 5.75 Å². The number of hydrogen-bond acceptors (Lipinski definition) is 3. The zero-order valence-electron chi connectivity index (χ0n) is 9.36. The van der Waals surface area contributed by atoms with E-state index in [1.165, 1.54) is 7.05 Å². The van der Waals surface area contributed by atoms with Gasteiger partial charge in [-0.15, -0.1) is 0 Å². The van der Waals surface area contributed by atoms with Gasteiger partial charge in [-0.1, -0.05) is 23.7 Å². The first kappa shape index (κ1) is 11.7. The van der Waals surface area contributed by atoms with E-state index in [0.29, 0.717) is 11.3 Å². The lowest BCUT2D eigenvalue weighted by Crippen LogP contribution is -2.26. The standard InChI is InChI=1S/C12H10ClNO3/c1-14-11(15)9(10(13)12(14)16)7-3-5-8(17-2)6-4-7/h3-6H,1-2H3. The van der Waals surface area contributed by atoms with Crippen LogP contribution in [0.1, 0.15) is 5.56 Å². The topological polar surface area (TPSA) is 46.6 Å². The number of benzene rings is 1. The molecule has 0 fully saturated rings. The van der Waals surface area contributed by atoms with Gasteiger partial charge in [-0.2, -0.15) is 0 Å². The second-order valence-electron chi connectivity index (χ2n) is 3.59. The molecule has 17 heavy (non-hydrogen) atoms. The van der Waals surface area contributed by atoms with E-state index in [-0.39, 0.29) is 16.5 Å². The Morgan fingerprint density at radius 3 is 2.12 bits per heavy atom. The van der Waals surface area contributed by atoms with Crippen LogP contribution >= 0.6 is 11.6 Å². The third-order valence-corrected chi connectivity index (χ3v) is 2.96. The molecular weight excluding hydrogens is 242 g/mol. The number of likely N-dealkylation sites (N-methyl/N-ethyl adjacent to an activating group) is 1. The van der Waals surface area contributed by atoms with Gasteiger partial charge in [0.1, 0.15) is 10.8 Å². The lowest BCUT2D eigenvalue weighted by Gasteiger charge is -2.06. The maximum Gasteiger partial charge on any atom is 0.272 e. The number of rotatable bonds is 2. The highest BCUT2D eigenvalue weighted by Crippen LogP contribution is 2.31. The van der Waals surface area contributed by atoms with Crippen LogP contribution in [0.4, 0.5) is 0 Å². The number of methoxy groups -OCH3 is 1. The molecule has 1 aromatic rings. The fourth-order valence-electron chi connectivity index (χ4n) is 1.62. The minimum Gasteiger partial charge on any atom is -0.497 e. The summed E-state index contributed by atoms with van der Waals surface area (Å²) in [5.74, 6) is -0.178. The first-order valence-corrected chi connectivity index (χ1v) is 5.30. The maximum absolute atomic E-state index is 11.8. The Labute approximate surface area is 103 Å². The molecule has 1 aromatic carbocycles. The minimum atomic E-state index is -0.470. The molecule has 1 aliphatic heterocycles. The van der Waals surface area contributed by atoms with Crippen molar-refractivity contribution in [1.29, 1.82) is 0 Å². The molecule has 88 valence electrons. The zero-order valence-corrected chi connectivity index (χ0v) is 10.1. The third-order valence-electron chi connectivity index (χ3n) is 2.61. The van der Waals surface area contributed by atoms with Gasteiger partial charge in [0, 0.05) is 7.05 Å². The van der Waals surface area contributed by atoms with E-state index >= 15 is 0 Å². The molecule has 5 heteroatoms. The average Bonchev–Trinajstić information content (AvgIpc) is 2.54. The van der Waals surface area contributed by atoms with Gasteiger partial charge in [-0.3, -0.25) is 14.5 Å². The summed E-state index contributed by atoms with van der Waals surface area (Å²) in [7, 11) is 2.96. The van der Waals surface area contributed by atoms with E-state index in [1.807, 2.05) is 0 Å². The second kappa shape index (κ2) is 4.22. The lowest BCUT2D eigenvalue weighted by molar-refractivity contribution is -0.134. The number of amides is 2. The van der Waals surface area contributed by atoms with Gasteiger partial charge in [-0.05, 0) is 17.7 Å². The van der Waals surface area contributed by atoms with E-state index in [9.17, 15) is 9.59 Å². The van der Waals surface area contributed by atoms with E-state index in [0.717, 1.165) is 4.90 Å². The van der Waals surface area contributed by atoms with Crippen LogP contribution in [0.2, 0.25) is 0 Å². The molecule has 2 amide bonds. The first-order chi connectivity index (χ1) is 8.06. The quantitative estimate of drug-likeness (QED) is 0.751. The van der Waals surface area contributed by atoms with Crippen molar-refractivity contribution < 1.29 is 14.3 Å². The van der Waals surface area contributed by atoms with Crippen LogP contribution in [0.3, 0.4) is 0 Å². The summed E-state index contributed by atoms with van der Waals surface area (Å²) in [5.41, 5.74) is 0.848. The van der Waals surface area contributed by atoms with Crippen LogP contribution in [-0.2, 0) is 9.59 Å². The Morgan fingerprint density at radius 1 is 1.12 bits per heavy atom. The summed E-state index contributed by atoms with van der Waals surface area (Å²) in [5, 5.41) is -0.0392. The SMILES string of the molecule is COc1ccc(C2=C(Cl)C(=O)N(C)C2=O)cc1. The fourth-order valence-corrected chi connectivity index (χ4v) is 1.93. The maximum atomic E-state index is 11.8. The third kappa shape index (κ3) is 1.80. The van der Waals surface area contributed by atoms with Crippen molar-refractivity contribution in [2.45, 2.75) is 0 Å². The van der Waals surface area contributed by atoms with Crippen LogP contribution in [0.5, 0.6) is 5.75 Å². The van der Waals surface area contributed by atoms with Gasteiger partial charge in [-0.25, -0.2) is 0 Å². The van der Waals surface area contributed by atoms with Gasteiger partial charge in [0.05, 0.1) is 12.7 Å². The van der Waals surface area contributed by atoms with E-state index < -0.39 is 5.91 Å². The Bertz CT molecular complexity index is 519. The summed E-state index contributed by atoms with van der Waals surface area (Å²) >= 11 is 5.86. The molecule has 0 saturated carbocycles. The number of halogens is 1. The van der Waals surface area contributed by atoms with Crippen LogP contribution < -0.4 is 4.74 Å². The number of nitrogens with zero attached hydrogens (tertiary/aromatic N) is 1. The summed E-state index contributed by atoms with van der Waals surface area (Å²) in [4.78, 5) is 24.3. The predicted molar refractivity (Wildman–Crippen MR) is 63.5 cm³/mol. The van der Waals surface area contributed by atoms with E-state index in [2.05, 4.69) is 0 Å². The van der Waals surface area contributed by atoms with Crippen LogP contribution in [-0.4, -0.2) is 30.9 Å². The summed E-state index contributed by atoms with van der Waals surface area (Å²) in [6.45, 7) is 0. The smallest absolute Gasteiger partial charge is 0.272 e. The Balaban J connectivity index is 2.46. The summed E-state index contributed by atoms with van der Waals surface area (Å²) < 4.78 is 5.02. The highest BCUT2D eigenvalue weighted by atomic mass is 35.5. The van der Waals surface area contributed by atoms with Crippen LogP contribution in [0.15, 0.2) is 29.3 Å². The Kier molecular flexibility index (Phi) is 2.90. The van der Waals surface area contributed by atoms with E-state index in [1.54, 1.807) is 31.4 Å². The molecule has 0 saturated heterocycles.